The maximum absolute atomic E-state index is 12.8. The van der Waals surface area contributed by atoms with E-state index in [9.17, 15) is 12.8 Å². The Hall–Kier alpha value is -2.08. The molecule has 5 rings (SSSR count). The highest BCUT2D eigenvalue weighted by atomic mass is 32.2. The molecule has 5 atom stereocenters. The van der Waals surface area contributed by atoms with Crippen molar-refractivity contribution >= 4 is 32.4 Å². The lowest BCUT2D eigenvalue weighted by Gasteiger charge is -2.39. The summed E-state index contributed by atoms with van der Waals surface area (Å²) in [5.41, 5.74) is 7.69. The first-order chi connectivity index (χ1) is 16.8. The van der Waals surface area contributed by atoms with Gasteiger partial charge in [-0.15, -0.1) is 0 Å². The van der Waals surface area contributed by atoms with Crippen molar-refractivity contribution in [1.82, 2.24) is 25.7 Å². The number of nitrogens with zero attached hydrogens (tertiary/aromatic N) is 3. The van der Waals surface area contributed by atoms with Crippen LogP contribution in [0.25, 0.3) is 10.9 Å². The second-order valence-electron chi connectivity index (χ2n) is 10.4. The van der Waals surface area contributed by atoms with E-state index in [4.69, 9.17) is 4.98 Å². The second-order valence-corrected chi connectivity index (χ2v) is 12.5. The topological polar surface area (TPSA) is 111 Å². The summed E-state index contributed by atoms with van der Waals surface area (Å²) in [6.45, 7) is 2.70. The molecule has 0 spiro atoms. The van der Waals surface area contributed by atoms with Crippen LogP contribution in [-0.2, 0) is 15.6 Å². The third kappa shape index (κ3) is 5.84. The first-order valence-electron chi connectivity index (χ1n) is 12.6. The molecule has 35 heavy (non-hydrogen) atoms. The van der Waals surface area contributed by atoms with Crippen LogP contribution in [0, 0.1) is 0 Å². The average Bonchev–Trinajstić information content (AvgIpc) is 3.29. The van der Waals surface area contributed by atoms with Gasteiger partial charge in [0.25, 0.3) is 0 Å². The maximum atomic E-state index is 12.8. The van der Waals surface area contributed by atoms with Crippen molar-refractivity contribution in [3.05, 3.63) is 23.9 Å². The molecule has 0 amide bonds. The van der Waals surface area contributed by atoms with Crippen molar-refractivity contribution in [3.63, 3.8) is 0 Å². The van der Waals surface area contributed by atoms with Crippen molar-refractivity contribution in [1.29, 1.82) is 0 Å². The van der Waals surface area contributed by atoms with Gasteiger partial charge in [0, 0.05) is 48.4 Å². The van der Waals surface area contributed by atoms with Crippen molar-refractivity contribution in [3.8, 4) is 0 Å². The van der Waals surface area contributed by atoms with Gasteiger partial charge >= 0.3 is 0 Å². The highest BCUT2D eigenvalue weighted by Gasteiger charge is 2.40. The number of fused-ring (bicyclic) bond motifs is 3. The van der Waals surface area contributed by atoms with Crippen molar-refractivity contribution in [2.75, 3.05) is 30.1 Å². The van der Waals surface area contributed by atoms with Gasteiger partial charge in [-0.05, 0) is 57.6 Å². The Bertz CT molecular complexity index is 1150. The van der Waals surface area contributed by atoms with Gasteiger partial charge in [0.1, 0.15) is 11.6 Å². The first-order valence-corrected chi connectivity index (χ1v) is 14.7. The number of halogens is 1. The predicted octanol–water partition coefficient (Wildman–Crippen LogP) is 2.57. The molecule has 3 saturated heterocycles. The van der Waals surface area contributed by atoms with Gasteiger partial charge < -0.3 is 10.6 Å². The van der Waals surface area contributed by atoms with Crippen LogP contribution < -0.4 is 21.5 Å². The van der Waals surface area contributed by atoms with Gasteiger partial charge in [0.15, 0.2) is 9.84 Å². The standard InChI is InChI=1S/C24H36FN7O2S/c1-15-10-23(31-30-15)28-22-13-21-20(7-4-16(26-21)14-35(2,33)34)24(29-22)27-17-11-18-5-6-19(12-17)32(18)9-3-8-25/h4,7,13,15,17-19,23,30-31H,3,5-6,8-12,14H2,1-2H3,(H2,27,28,29)/t15?,17?,18-,19+,23?. The maximum Gasteiger partial charge on any atom is 0.153 e. The van der Waals surface area contributed by atoms with E-state index in [-0.39, 0.29) is 24.6 Å². The molecule has 0 saturated carbocycles. The Morgan fingerprint density at radius 2 is 1.89 bits per heavy atom. The number of alkyl halides is 1. The zero-order valence-electron chi connectivity index (χ0n) is 20.4. The first kappa shape index (κ1) is 24.6. The van der Waals surface area contributed by atoms with E-state index in [0.717, 1.165) is 37.0 Å². The number of pyridine rings is 2. The van der Waals surface area contributed by atoms with Gasteiger partial charge in [0.2, 0.25) is 0 Å². The van der Waals surface area contributed by atoms with E-state index in [1.807, 2.05) is 12.1 Å². The van der Waals surface area contributed by atoms with Crippen molar-refractivity contribution in [2.45, 2.75) is 81.5 Å². The largest absolute Gasteiger partial charge is 0.367 e. The molecule has 4 N–H and O–H groups in total. The fraction of sp³-hybridized carbons (Fsp3) is 0.667. The summed E-state index contributed by atoms with van der Waals surface area (Å²) < 4.78 is 36.4. The highest BCUT2D eigenvalue weighted by Crippen LogP contribution is 2.37. The molecule has 2 aromatic heterocycles. The van der Waals surface area contributed by atoms with Gasteiger partial charge in [-0.25, -0.2) is 18.8 Å². The summed E-state index contributed by atoms with van der Waals surface area (Å²) in [7, 11) is -3.19. The van der Waals surface area contributed by atoms with E-state index in [2.05, 4.69) is 38.3 Å². The molecule has 0 aromatic carbocycles. The minimum atomic E-state index is -3.19. The Labute approximate surface area is 206 Å². The number of hydrazine groups is 1. The lowest BCUT2D eigenvalue weighted by atomic mass is 9.97. The molecule has 5 heterocycles. The van der Waals surface area contributed by atoms with Crippen LogP contribution >= 0.6 is 0 Å². The monoisotopic (exact) mass is 505 g/mol. The molecule has 11 heteroatoms. The van der Waals surface area contributed by atoms with Crippen molar-refractivity contribution in [2.24, 2.45) is 0 Å². The lowest BCUT2D eigenvalue weighted by molar-refractivity contribution is 0.128. The molecule has 2 aromatic rings. The Kier molecular flexibility index (Phi) is 7.11. The van der Waals surface area contributed by atoms with Crippen LogP contribution in [0.15, 0.2) is 18.2 Å². The van der Waals surface area contributed by atoms with E-state index < -0.39 is 9.84 Å². The third-order valence-electron chi connectivity index (χ3n) is 7.34. The number of hydrogen-bond acceptors (Lipinski definition) is 9. The Morgan fingerprint density at radius 1 is 1.11 bits per heavy atom. The number of hydrogen-bond donors (Lipinski definition) is 4. The molecule has 192 valence electrons. The minimum Gasteiger partial charge on any atom is -0.367 e. The minimum absolute atomic E-state index is 0.0385. The molecule has 0 aliphatic carbocycles. The average molecular weight is 506 g/mol. The fourth-order valence-electron chi connectivity index (χ4n) is 5.88. The van der Waals surface area contributed by atoms with Crippen LogP contribution in [0.4, 0.5) is 16.0 Å². The van der Waals surface area contributed by atoms with Gasteiger partial charge in [-0.3, -0.25) is 19.7 Å². The van der Waals surface area contributed by atoms with E-state index >= 15 is 0 Å². The van der Waals surface area contributed by atoms with E-state index in [1.165, 1.54) is 19.1 Å². The third-order valence-corrected chi connectivity index (χ3v) is 8.16. The van der Waals surface area contributed by atoms with Gasteiger partial charge in [0.05, 0.1) is 29.8 Å². The Balaban J connectivity index is 1.40. The number of piperidine rings is 1. The Morgan fingerprint density at radius 3 is 2.54 bits per heavy atom. The number of aromatic nitrogens is 2. The summed E-state index contributed by atoms with van der Waals surface area (Å²) >= 11 is 0. The van der Waals surface area contributed by atoms with Crippen LogP contribution in [-0.4, -0.2) is 73.1 Å². The van der Waals surface area contributed by atoms with Gasteiger partial charge in [-0.2, -0.15) is 0 Å². The van der Waals surface area contributed by atoms with Crippen LogP contribution in [0.3, 0.4) is 0 Å². The van der Waals surface area contributed by atoms with Crippen LogP contribution in [0.5, 0.6) is 0 Å². The smallest absolute Gasteiger partial charge is 0.153 e. The zero-order chi connectivity index (χ0) is 24.6. The summed E-state index contributed by atoms with van der Waals surface area (Å²) in [6.07, 6.45) is 7.12. The fourth-order valence-corrected chi connectivity index (χ4v) is 6.58. The van der Waals surface area contributed by atoms with Gasteiger partial charge in [-0.1, -0.05) is 0 Å². The molecule has 3 unspecified atom stereocenters. The molecule has 0 radical (unpaired) electrons. The molecule has 2 bridgehead atoms. The normalized spacial score (nSPS) is 29.1. The number of sulfone groups is 1. The van der Waals surface area contributed by atoms with Crippen LogP contribution in [0.1, 0.15) is 51.1 Å². The van der Waals surface area contributed by atoms with Crippen molar-refractivity contribution < 1.29 is 12.8 Å². The zero-order valence-corrected chi connectivity index (χ0v) is 21.2. The lowest BCUT2D eigenvalue weighted by Crippen LogP contribution is -2.47. The number of anilines is 2. The molecule has 3 aliphatic rings. The molecule has 3 fully saturated rings. The summed E-state index contributed by atoms with van der Waals surface area (Å²) in [5.74, 6) is 1.37. The summed E-state index contributed by atoms with van der Waals surface area (Å²) in [4.78, 5) is 12.1. The molecule has 9 nitrogen and oxygen atoms in total. The quantitative estimate of drug-likeness (QED) is 0.409. The van der Waals surface area contributed by atoms with Crippen LogP contribution in [0.2, 0.25) is 0 Å². The molecular weight excluding hydrogens is 469 g/mol. The van der Waals surface area contributed by atoms with E-state index in [1.54, 1.807) is 6.07 Å². The second kappa shape index (κ2) is 10.1. The van der Waals surface area contributed by atoms with E-state index in [0.29, 0.717) is 41.6 Å². The molecular formula is C24H36FN7O2S. The number of rotatable bonds is 9. The summed E-state index contributed by atoms with van der Waals surface area (Å²) in [6, 6.07) is 7.19. The highest BCUT2D eigenvalue weighted by molar-refractivity contribution is 7.89. The summed E-state index contributed by atoms with van der Waals surface area (Å²) in [5, 5.41) is 8.02. The number of nitrogens with one attached hydrogen (secondary N) is 4. The predicted molar refractivity (Wildman–Crippen MR) is 137 cm³/mol. The molecule has 3 aliphatic heterocycles. The SMILES string of the molecule is CC1CC(Nc2cc3nc(CS(C)(=O)=O)ccc3c(NC3C[C@H]4CC[C@@H](C3)N4CCCF)n2)NN1.